The molecule has 0 unspecified atom stereocenters. The first kappa shape index (κ1) is 15.7. The van der Waals surface area contributed by atoms with Crippen molar-refractivity contribution in [3.63, 3.8) is 0 Å². The minimum Gasteiger partial charge on any atom is -0.321 e. The van der Waals surface area contributed by atoms with E-state index in [1.165, 1.54) is 11.3 Å². The van der Waals surface area contributed by atoms with Crippen LogP contribution in [0, 0.1) is 0 Å². The quantitative estimate of drug-likeness (QED) is 0.492. The van der Waals surface area contributed by atoms with E-state index in [-0.39, 0.29) is 5.91 Å². The molecule has 0 fully saturated rings. The largest absolute Gasteiger partial charge is 0.321 e. The number of carbonyl (C=O) groups is 1. The van der Waals surface area contributed by atoms with Crippen molar-refractivity contribution in [3.05, 3.63) is 83.1 Å². The fourth-order valence-electron chi connectivity index (χ4n) is 3.08. The van der Waals surface area contributed by atoms with Crippen LogP contribution in [-0.2, 0) is 0 Å². The monoisotopic (exact) mass is 370 g/mol. The molecule has 130 valence electrons. The zero-order valence-corrected chi connectivity index (χ0v) is 15.0. The van der Waals surface area contributed by atoms with Crippen molar-refractivity contribution in [1.82, 2.24) is 15.0 Å². The van der Waals surface area contributed by atoms with E-state index in [1.807, 2.05) is 53.9 Å². The standard InChI is InChI=1S/C21H14N4OS/c26-21(20-9-4-12-27-20)22-15-10-11-17-18(13-15)24-25(23-17)19-8-3-6-14-5-1-2-7-16(14)19/h1-13H,(H,22,26). The Balaban J connectivity index is 1.53. The number of thiophene rings is 1. The zero-order valence-electron chi connectivity index (χ0n) is 14.2. The lowest BCUT2D eigenvalue weighted by Gasteiger charge is -2.04. The van der Waals surface area contributed by atoms with Gasteiger partial charge in [0.25, 0.3) is 5.91 Å². The summed E-state index contributed by atoms with van der Waals surface area (Å²) < 4.78 is 0. The summed E-state index contributed by atoms with van der Waals surface area (Å²) >= 11 is 1.41. The second-order valence-corrected chi connectivity index (χ2v) is 7.07. The van der Waals surface area contributed by atoms with Gasteiger partial charge in [0, 0.05) is 11.1 Å². The van der Waals surface area contributed by atoms with Crippen LogP contribution in [0.5, 0.6) is 0 Å². The smallest absolute Gasteiger partial charge is 0.265 e. The molecule has 27 heavy (non-hydrogen) atoms. The first-order valence-corrected chi connectivity index (χ1v) is 9.36. The maximum atomic E-state index is 12.2. The van der Waals surface area contributed by atoms with Crippen LogP contribution in [0.4, 0.5) is 5.69 Å². The van der Waals surface area contributed by atoms with Crippen LogP contribution in [0.25, 0.3) is 27.5 Å². The predicted octanol–water partition coefficient (Wildman–Crippen LogP) is 4.89. The van der Waals surface area contributed by atoms with Gasteiger partial charge in [0.1, 0.15) is 11.0 Å². The average molecular weight is 370 g/mol. The normalized spacial score (nSPS) is 11.1. The highest BCUT2D eigenvalue weighted by molar-refractivity contribution is 7.12. The molecule has 0 aliphatic carbocycles. The number of amides is 1. The number of rotatable bonds is 3. The van der Waals surface area contributed by atoms with E-state index < -0.39 is 0 Å². The lowest BCUT2D eigenvalue weighted by molar-refractivity contribution is 0.103. The van der Waals surface area contributed by atoms with E-state index >= 15 is 0 Å². The van der Waals surface area contributed by atoms with Gasteiger partial charge in [-0.3, -0.25) is 4.79 Å². The number of benzene rings is 3. The molecule has 1 N–H and O–H groups in total. The number of carbonyl (C=O) groups excluding carboxylic acids is 1. The Morgan fingerprint density at radius 2 is 1.74 bits per heavy atom. The Bertz CT molecular complexity index is 1270. The van der Waals surface area contributed by atoms with Crippen LogP contribution in [0.2, 0.25) is 0 Å². The second kappa shape index (κ2) is 6.34. The van der Waals surface area contributed by atoms with Crippen LogP contribution >= 0.6 is 11.3 Å². The third kappa shape index (κ3) is 2.86. The summed E-state index contributed by atoms with van der Waals surface area (Å²) in [6, 6.07) is 23.4. The summed E-state index contributed by atoms with van der Waals surface area (Å²) in [5.41, 5.74) is 3.13. The third-order valence-electron chi connectivity index (χ3n) is 4.37. The van der Waals surface area contributed by atoms with Gasteiger partial charge in [-0.2, -0.15) is 0 Å². The molecule has 0 radical (unpaired) electrons. The van der Waals surface area contributed by atoms with Crippen molar-refractivity contribution in [2.75, 3.05) is 5.32 Å². The maximum Gasteiger partial charge on any atom is 0.265 e. The van der Waals surface area contributed by atoms with Crippen LogP contribution in [0.1, 0.15) is 9.67 Å². The highest BCUT2D eigenvalue weighted by Crippen LogP contribution is 2.23. The van der Waals surface area contributed by atoms with Crippen molar-refractivity contribution >= 4 is 44.7 Å². The maximum absolute atomic E-state index is 12.2. The third-order valence-corrected chi connectivity index (χ3v) is 5.23. The first-order valence-electron chi connectivity index (χ1n) is 8.48. The van der Waals surface area contributed by atoms with Crippen molar-refractivity contribution in [2.45, 2.75) is 0 Å². The molecule has 3 aromatic carbocycles. The molecule has 0 aliphatic rings. The summed E-state index contributed by atoms with van der Waals surface area (Å²) in [5.74, 6) is -0.120. The van der Waals surface area contributed by atoms with Gasteiger partial charge in [-0.25, -0.2) is 0 Å². The van der Waals surface area contributed by atoms with Crippen molar-refractivity contribution in [1.29, 1.82) is 0 Å². The molecule has 5 nitrogen and oxygen atoms in total. The summed E-state index contributed by atoms with van der Waals surface area (Å²) in [4.78, 5) is 14.6. The van der Waals surface area contributed by atoms with E-state index in [0.29, 0.717) is 10.6 Å². The average Bonchev–Trinajstić information content (AvgIpc) is 3.37. The lowest BCUT2D eigenvalue weighted by atomic mass is 10.1. The fourth-order valence-corrected chi connectivity index (χ4v) is 3.70. The predicted molar refractivity (Wildman–Crippen MR) is 109 cm³/mol. The van der Waals surface area contributed by atoms with Gasteiger partial charge in [-0.15, -0.1) is 26.3 Å². The van der Waals surface area contributed by atoms with Crippen molar-refractivity contribution in [3.8, 4) is 5.69 Å². The summed E-state index contributed by atoms with van der Waals surface area (Å²) in [7, 11) is 0. The molecule has 6 heteroatoms. The summed E-state index contributed by atoms with van der Waals surface area (Å²) in [5, 5.41) is 16.2. The molecule has 0 spiro atoms. The van der Waals surface area contributed by atoms with Gasteiger partial charge in [0.2, 0.25) is 0 Å². The van der Waals surface area contributed by atoms with Crippen molar-refractivity contribution < 1.29 is 4.79 Å². The van der Waals surface area contributed by atoms with Crippen LogP contribution in [0.15, 0.2) is 78.2 Å². The Kier molecular flexibility index (Phi) is 3.69. The fraction of sp³-hybridized carbons (Fsp3) is 0. The van der Waals surface area contributed by atoms with Gasteiger partial charge in [-0.1, -0.05) is 42.5 Å². The highest BCUT2D eigenvalue weighted by atomic mass is 32.1. The highest BCUT2D eigenvalue weighted by Gasteiger charge is 2.11. The number of fused-ring (bicyclic) bond motifs is 2. The molecule has 2 heterocycles. The Morgan fingerprint density at radius 3 is 2.63 bits per heavy atom. The van der Waals surface area contributed by atoms with Crippen molar-refractivity contribution in [2.24, 2.45) is 0 Å². The number of nitrogens with zero attached hydrogens (tertiary/aromatic N) is 3. The number of anilines is 1. The summed E-state index contributed by atoms with van der Waals surface area (Å²) in [6.07, 6.45) is 0. The topological polar surface area (TPSA) is 59.8 Å². The molecule has 0 saturated heterocycles. The van der Waals surface area contributed by atoms with Gasteiger partial charge in [-0.05, 0) is 41.1 Å². The van der Waals surface area contributed by atoms with Crippen LogP contribution < -0.4 is 5.32 Å². The van der Waals surface area contributed by atoms with Gasteiger partial charge < -0.3 is 5.32 Å². The number of hydrogen-bond donors (Lipinski definition) is 1. The minimum atomic E-state index is -0.120. The molecule has 2 aromatic heterocycles. The minimum absolute atomic E-state index is 0.120. The molecule has 1 amide bonds. The molecular weight excluding hydrogens is 356 g/mol. The van der Waals surface area contributed by atoms with Gasteiger partial charge in [0.05, 0.1) is 10.6 Å². The molecule has 0 bridgehead atoms. The molecule has 5 aromatic rings. The Labute approximate surface area is 158 Å². The number of nitrogens with one attached hydrogen (secondary N) is 1. The van der Waals surface area contributed by atoms with Gasteiger partial charge in [0.15, 0.2) is 0 Å². The van der Waals surface area contributed by atoms with Crippen LogP contribution in [0.3, 0.4) is 0 Å². The lowest BCUT2D eigenvalue weighted by Crippen LogP contribution is -2.09. The van der Waals surface area contributed by atoms with Crippen LogP contribution in [-0.4, -0.2) is 20.9 Å². The molecular formula is C21H14N4OS. The molecule has 0 atom stereocenters. The molecule has 5 rings (SSSR count). The van der Waals surface area contributed by atoms with E-state index in [2.05, 4.69) is 33.7 Å². The number of aromatic nitrogens is 3. The number of hydrogen-bond acceptors (Lipinski definition) is 4. The second-order valence-electron chi connectivity index (χ2n) is 6.12. The summed E-state index contributed by atoms with van der Waals surface area (Å²) in [6.45, 7) is 0. The SMILES string of the molecule is O=C(Nc1ccc2nn(-c3cccc4ccccc34)nc2c1)c1cccs1. The first-order chi connectivity index (χ1) is 13.3. The zero-order chi connectivity index (χ0) is 18.2. The van der Waals surface area contributed by atoms with E-state index in [1.54, 1.807) is 10.9 Å². The van der Waals surface area contributed by atoms with Gasteiger partial charge >= 0.3 is 0 Å². The van der Waals surface area contributed by atoms with E-state index in [9.17, 15) is 4.79 Å². The molecule has 0 aliphatic heterocycles. The Hall–Kier alpha value is -3.51. The van der Waals surface area contributed by atoms with E-state index in [4.69, 9.17) is 0 Å². The van der Waals surface area contributed by atoms with E-state index in [0.717, 1.165) is 27.5 Å². The Morgan fingerprint density at radius 1 is 0.889 bits per heavy atom. The molecule has 0 saturated carbocycles.